The van der Waals surface area contributed by atoms with Crippen LogP contribution in [0.15, 0.2) is 12.1 Å². The molecule has 1 fully saturated rings. The lowest BCUT2D eigenvalue weighted by molar-refractivity contribution is 0.172. The quantitative estimate of drug-likeness (QED) is 0.829. The number of fused-ring (bicyclic) bond motifs is 1. The van der Waals surface area contributed by atoms with Gasteiger partial charge in [-0.1, -0.05) is 0 Å². The van der Waals surface area contributed by atoms with E-state index in [-0.39, 0.29) is 0 Å². The summed E-state index contributed by atoms with van der Waals surface area (Å²) < 4.78 is 11.2. The second-order valence-electron chi connectivity index (χ2n) is 4.68. The van der Waals surface area contributed by atoms with Crippen molar-refractivity contribution in [1.29, 1.82) is 0 Å². The molecule has 0 bridgehead atoms. The number of nitrogens with two attached hydrogens (primary N) is 1. The Hall–Kier alpha value is -1.23. The first kappa shape index (κ1) is 11.8. The van der Waals surface area contributed by atoms with Gasteiger partial charge in [-0.05, 0) is 12.2 Å². The van der Waals surface area contributed by atoms with E-state index >= 15 is 0 Å². The molecule has 0 aliphatic carbocycles. The summed E-state index contributed by atoms with van der Waals surface area (Å²) in [6, 6.07) is 4.45. The van der Waals surface area contributed by atoms with Gasteiger partial charge in [-0.25, -0.2) is 0 Å². The smallest absolute Gasteiger partial charge is 0.163 e. The van der Waals surface area contributed by atoms with Crippen molar-refractivity contribution < 1.29 is 9.47 Å². The summed E-state index contributed by atoms with van der Waals surface area (Å²) in [6.07, 6.45) is 1.22. The molecule has 1 atom stereocenters. The molecule has 98 valence electrons. The number of benzene rings is 1. The SMILES string of the molecule is CN(c1cc2c(cc1N)OCCO2)C1CCSC1. The lowest BCUT2D eigenvalue weighted by Gasteiger charge is -2.29. The molecule has 4 nitrogen and oxygen atoms in total. The second-order valence-corrected chi connectivity index (χ2v) is 5.83. The first-order valence-corrected chi connectivity index (χ1v) is 7.41. The number of nitrogen functional groups attached to an aromatic ring is 1. The summed E-state index contributed by atoms with van der Waals surface area (Å²) in [5, 5.41) is 0. The molecular formula is C13H18N2O2S. The minimum atomic E-state index is 0.569. The number of rotatable bonds is 2. The molecule has 3 rings (SSSR count). The fourth-order valence-corrected chi connectivity index (χ4v) is 3.69. The number of hydrogen-bond donors (Lipinski definition) is 1. The van der Waals surface area contributed by atoms with Crippen LogP contribution >= 0.6 is 11.8 Å². The van der Waals surface area contributed by atoms with E-state index in [1.54, 1.807) is 0 Å². The van der Waals surface area contributed by atoms with Gasteiger partial charge in [0.05, 0.1) is 11.4 Å². The molecule has 2 heterocycles. The van der Waals surface area contributed by atoms with Crippen molar-refractivity contribution in [3.05, 3.63) is 12.1 Å². The fraction of sp³-hybridized carbons (Fsp3) is 0.538. The average Bonchev–Trinajstić information content (AvgIpc) is 2.91. The summed E-state index contributed by atoms with van der Waals surface area (Å²) in [4.78, 5) is 2.27. The highest BCUT2D eigenvalue weighted by Crippen LogP contribution is 2.39. The van der Waals surface area contributed by atoms with Crippen LogP contribution in [-0.4, -0.2) is 37.8 Å². The third kappa shape index (κ3) is 2.07. The standard InChI is InChI=1S/C13H18N2O2S/c1-15(9-2-5-18-8-9)11-7-13-12(6-10(11)14)16-3-4-17-13/h6-7,9H,2-5,8,14H2,1H3. The first-order valence-electron chi connectivity index (χ1n) is 6.25. The normalized spacial score (nSPS) is 21.9. The molecule has 0 amide bonds. The average molecular weight is 266 g/mol. The molecule has 2 aliphatic rings. The molecule has 0 saturated carbocycles. The molecule has 1 saturated heterocycles. The van der Waals surface area contributed by atoms with Crippen molar-refractivity contribution in [2.24, 2.45) is 0 Å². The van der Waals surface area contributed by atoms with E-state index in [0.29, 0.717) is 19.3 Å². The van der Waals surface area contributed by atoms with Gasteiger partial charge in [0.25, 0.3) is 0 Å². The third-order valence-electron chi connectivity index (χ3n) is 3.52. The Balaban J connectivity index is 1.90. The maximum atomic E-state index is 6.13. The van der Waals surface area contributed by atoms with E-state index < -0.39 is 0 Å². The molecule has 1 aromatic rings. The Labute approximate surface area is 111 Å². The summed E-state index contributed by atoms with van der Waals surface area (Å²) in [7, 11) is 2.11. The minimum Gasteiger partial charge on any atom is -0.486 e. The van der Waals surface area contributed by atoms with Gasteiger partial charge in [0.15, 0.2) is 11.5 Å². The monoisotopic (exact) mass is 266 g/mol. The second kappa shape index (κ2) is 4.80. The largest absolute Gasteiger partial charge is 0.486 e. The van der Waals surface area contributed by atoms with Crippen LogP contribution in [0.2, 0.25) is 0 Å². The summed E-state index contributed by atoms with van der Waals surface area (Å²) in [5.74, 6) is 3.98. The van der Waals surface area contributed by atoms with Gasteiger partial charge in [-0.15, -0.1) is 0 Å². The summed E-state index contributed by atoms with van der Waals surface area (Å²) in [5.41, 5.74) is 7.94. The molecule has 18 heavy (non-hydrogen) atoms. The van der Waals surface area contributed by atoms with E-state index in [0.717, 1.165) is 22.9 Å². The molecule has 2 aliphatic heterocycles. The Bertz CT molecular complexity index is 447. The van der Waals surface area contributed by atoms with Crippen molar-refractivity contribution in [3.63, 3.8) is 0 Å². The van der Waals surface area contributed by atoms with Gasteiger partial charge >= 0.3 is 0 Å². The van der Waals surface area contributed by atoms with Gasteiger partial charge in [-0.2, -0.15) is 11.8 Å². The molecule has 1 unspecified atom stereocenters. The zero-order valence-electron chi connectivity index (χ0n) is 10.5. The van der Waals surface area contributed by atoms with E-state index in [4.69, 9.17) is 15.2 Å². The number of ether oxygens (including phenoxy) is 2. The van der Waals surface area contributed by atoms with Gasteiger partial charge in [-0.3, -0.25) is 0 Å². The van der Waals surface area contributed by atoms with E-state index in [9.17, 15) is 0 Å². The highest BCUT2D eigenvalue weighted by Gasteiger charge is 2.23. The van der Waals surface area contributed by atoms with Crippen molar-refractivity contribution in [3.8, 4) is 11.5 Å². The highest BCUT2D eigenvalue weighted by atomic mass is 32.2. The van der Waals surface area contributed by atoms with Crippen LogP contribution < -0.4 is 20.1 Å². The number of thioether (sulfide) groups is 1. The van der Waals surface area contributed by atoms with Crippen LogP contribution in [0.5, 0.6) is 11.5 Å². The number of anilines is 2. The van der Waals surface area contributed by atoms with Crippen LogP contribution in [0, 0.1) is 0 Å². The minimum absolute atomic E-state index is 0.569. The van der Waals surface area contributed by atoms with Crippen LogP contribution in [0.1, 0.15) is 6.42 Å². The van der Waals surface area contributed by atoms with E-state index in [1.807, 2.05) is 23.9 Å². The van der Waals surface area contributed by atoms with Crippen LogP contribution in [0.4, 0.5) is 11.4 Å². The Morgan fingerprint density at radius 3 is 2.67 bits per heavy atom. The topological polar surface area (TPSA) is 47.7 Å². The maximum absolute atomic E-state index is 6.13. The zero-order valence-corrected chi connectivity index (χ0v) is 11.3. The fourth-order valence-electron chi connectivity index (χ4n) is 2.42. The number of hydrogen-bond acceptors (Lipinski definition) is 5. The van der Waals surface area contributed by atoms with E-state index in [1.165, 1.54) is 17.9 Å². The van der Waals surface area contributed by atoms with Crippen molar-refractivity contribution >= 4 is 23.1 Å². The highest BCUT2D eigenvalue weighted by molar-refractivity contribution is 7.99. The summed E-state index contributed by atoms with van der Waals surface area (Å²) >= 11 is 2.00. The van der Waals surface area contributed by atoms with Crippen LogP contribution in [0.3, 0.4) is 0 Å². The molecule has 0 aromatic heterocycles. The zero-order chi connectivity index (χ0) is 12.5. The predicted molar refractivity (Wildman–Crippen MR) is 76.0 cm³/mol. The van der Waals surface area contributed by atoms with E-state index in [2.05, 4.69) is 11.9 Å². The molecule has 0 radical (unpaired) electrons. The summed E-state index contributed by atoms with van der Waals surface area (Å²) in [6.45, 7) is 1.21. The molecular weight excluding hydrogens is 248 g/mol. The van der Waals surface area contributed by atoms with Gasteiger partial charge in [0.1, 0.15) is 13.2 Å². The van der Waals surface area contributed by atoms with Crippen LogP contribution in [0.25, 0.3) is 0 Å². The first-order chi connectivity index (χ1) is 8.75. The third-order valence-corrected chi connectivity index (χ3v) is 4.67. The Kier molecular flexibility index (Phi) is 3.16. The van der Waals surface area contributed by atoms with Gasteiger partial charge in [0.2, 0.25) is 0 Å². The molecule has 1 aromatic carbocycles. The van der Waals surface area contributed by atoms with Crippen molar-refractivity contribution in [2.75, 3.05) is 42.4 Å². The van der Waals surface area contributed by atoms with Crippen LogP contribution in [-0.2, 0) is 0 Å². The van der Waals surface area contributed by atoms with Gasteiger partial charge in [0, 0.05) is 31.0 Å². The Morgan fingerprint density at radius 1 is 1.28 bits per heavy atom. The molecule has 2 N–H and O–H groups in total. The molecule has 5 heteroatoms. The lowest BCUT2D eigenvalue weighted by Crippen LogP contribution is -2.32. The molecule has 0 spiro atoms. The maximum Gasteiger partial charge on any atom is 0.163 e. The van der Waals surface area contributed by atoms with Crippen molar-refractivity contribution in [1.82, 2.24) is 0 Å². The van der Waals surface area contributed by atoms with Gasteiger partial charge < -0.3 is 20.1 Å². The predicted octanol–water partition coefficient (Wildman–Crippen LogP) is 1.98. The number of nitrogens with zero attached hydrogens (tertiary/aromatic N) is 1. The van der Waals surface area contributed by atoms with Crippen molar-refractivity contribution in [2.45, 2.75) is 12.5 Å². The lowest BCUT2D eigenvalue weighted by atomic mass is 10.1. The Morgan fingerprint density at radius 2 is 2.00 bits per heavy atom.